The van der Waals surface area contributed by atoms with E-state index in [0.717, 1.165) is 50.4 Å². The van der Waals surface area contributed by atoms with Gasteiger partial charge in [0.1, 0.15) is 12.9 Å². The molecule has 5 heteroatoms. The number of amides is 1. The van der Waals surface area contributed by atoms with Crippen LogP contribution in [0.25, 0.3) is 0 Å². The Labute approximate surface area is 149 Å². The van der Waals surface area contributed by atoms with E-state index in [2.05, 4.69) is 0 Å². The van der Waals surface area contributed by atoms with Gasteiger partial charge in [0.15, 0.2) is 0 Å². The SMILES string of the molecule is O=C[C@H]1CC[C@H](OC2CCN(C(=O)OCc3ccccc3)CC2)CC1. The zero-order chi connectivity index (χ0) is 17.5. The quantitative estimate of drug-likeness (QED) is 0.766. The summed E-state index contributed by atoms with van der Waals surface area (Å²) in [4.78, 5) is 24.7. The number of aldehydes is 1. The van der Waals surface area contributed by atoms with E-state index in [4.69, 9.17) is 9.47 Å². The Balaban J connectivity index is 1.35. The van der Waals surface area contributed by atoms with Gasteiger partial charge in [0, 0.05) is 19.0 Å². The molecule has 1 heterocycles. The first-order valence-corrected chi connectivity index (χ1v) is 9.31. The van der Waals surface area contributed by atoms with Crippen molar-refractivity contribution in [2.24, 2.45) is 5.92 Å². The highest BCUT2D eigenvalue weighted by molar-refractivity contribution is 5.67. The van der Waals surface area contributed by atoms with Gasteiger partial charge in [-0.25, -0.2) is 4.79 Å². The predicted molar refractivity (Wildman–Crippen MR) is 94.1 cm³/mol. The standard InChI is InChI=1S/C20H27NO4/c22-14-16-6-8-18(9-7-16)25-19-10-12-21(13-11-19)20(23)24-15-17-4-2-1-3-5-17/h1-5,14,16,18-19H,6-13,15H2/t16-,18-. The van der Waals surface area contributed by atoms with Crippen LogP contribution in [0.2, 0.25) is 0 Å². The highest BCUT2D eigenvalue weighted by Crippen LogP contribution is 2.27. The third-order valence-corrected chi connectivity index (χ3v) is 5.20. The molecule has 2 aliphatic rings. The molecule has 25 heavy (non-hydrogen) atoms. The molecule has 136 valence electrons. The minimum Gasteiger partial charge on any atom is -0.445 e. The summed E-state index contributed by atoms with van der Waals surface area (Å²) in [5, 5.41) is 0. The summed E-state index contributed by atoms with van der Waals surface area (Å²) < 4.78 is 11.6. The number of carbonyl (C=O) groups excluding carboxylic acids is 2. The molecule has 0 unspecified atom stereocenters. The van der Waals surface area contributed by atoms with Crippen molar-refractivity contribution in [3.63, 3.8) is 0 Å². The van der Waals surface area contributed by atoms with E-state index in [0.29, 0.717) is 19.7 Å². The Morgan fingerprint density at radius 3 is 2.28 bits per heavy atom. The second-order valence-corrected chi connectivity index (χ2v) is 7.04. The number of carbonyl (C=O) groups is 2. The van der Waals surface area contributed by atoms with E-state index in [-0.39, 0.29) is 24.2 Å². The van der Waals surface area contributed by atoms with Crippen molar-refractivity contribution in [2.45, 2.75) is 57.3 Å². The second-order valence-electron chi connectivity index (χ2n) is 7.04. The largest absolute Gasteiger partial charge is 0.445 e. The number of benzene rings is 1. The van der Waals surface area contributed by atoms with Gasteiger partial charge in [0.05, 0.1) is 12.2 Å². The summed E-state index contributed by atoms with van der Waals surface area (Å²) in [6, 6.07) is 9.73. The zero-order valence-corrected chi connectivity index (χ0v) is 14.6. The van der Waals surface area contributed by atoms with Gasteiger partial charge >= 0.3 is 6.09 Å². The smallest absolute Gasteiger partial charge is 0.410 e. The van der Waals surface area contributed by atoms with Gasteiger partial charge in [-0.1, -0.05) is 30.3 Å². The van der Waals surface area contributed by atoms with Crippen LogP contribution in [0.4, 0.5) is 4.79 Å². The van der Waals surface area contributed by atoms with Crippen LogP contribution in [-0.2, 0) is 20.9 Å². The van der Waals surface area contributed by atoms with E-state index < -0.39 is 0 Å². The summed E-state index contributed by atoms with van der Waals surface area (Å²) in [7, 11) is 0. The van der Waals surface area contributed by atoms with Gasteiger partial charge in [-0.05, 0) is 44.1 Å². The van der Waals surface area contributed by atoms with Crippen LogP contribution < -0.4 is 0 Å². The predicted octanol–water partition coefficient (Wildman–Crippen LogP) is 3.56. The van der Waals surface area contributed by atoms with Gasteiger partial charge in [-0.15, -0.1) is 0 Å². The molecule has 1 aliphatic carbocycles. The normalized spacial score (nSPS) is 24.7. The lowest BCUT2D eigenvalue weighted by molar-refractivity contribution is -0.113. The number of ether oxygens (including phenoxy) is 2. The lowest BCUT2D eigenvalue weighted by Crippen LogP contribution is -2.42. The topological polar surface area (TPSA) is 55.8 Å². The highest BCUT2D eigenvalue weighted by Gasteiger charge is 2.28. The second kappa shape index (κ2) is 8.99. The molecule has 1 aromatic carbocycles. The molecule has 0 radical (unpaired) electrons. The number of nitrogens with zero attached hydrogens (tertiary/aromatic N) is 1. The molecule has 0 atom stereocenters. The molecular weight excluding hydrogens is 318 g/mol. The first kappa shape index (κ1) is 17.9. The Hall–Kier alpha value is -1.88. The van der Waals surface area contributed by atoms with Gasteiger partial charge in [0.25, 0.3) is 0 Å². The molecule has 5 nitrogen and oxygen atoms in total. The summed E-state index contributed by atoms with van der Waals surface area (Å²) in [5.74, 6) is 0.223. The Morgan fingerprint density at radius 2 is 1.64 bits per heavy atom. The van der Waals surface area contributed by atoms with Crippen LogP contribution in [0.5, 0.6) is 0 Å². The van der Waals surface area contributed by atoms with Crippen molar-refractivity contribution in [3.8, 4) is 0 Å². The van der Waals surface area contributed by atoms with E-state index in [1.165, 1.54) is 0 Å². The maximum Gasteiger partial charge on any atom is 0.410 e. The monoisotopic (exact) mass is 345 g/mol. The Kier molecular flexibility index (Phi) is 6.45. The van der Waals surface area contributed by atoms with Crippen molar-refractivity contribution in [2.75, 3.05) is 13.1 Å². The van der Waals surface area contributed by atoms with Crippen molar-refractivity contribution >= 4 is 12.4 Å². The van der Waals surface area contributed by atoms with Crippen molar-refractivity contribution < 1.29 is 19.1 Å². The number of rotatable bonds is 5. The van der Waals surface area contributed by atoms with Gasteiger partial charge in [0.2, 0.25) is 0 Å². The van der Waals surface area contributed by atoms with Crippen LogP contribution in [0.1, 0.15) is 44.1 Å². The molecule has 1 amide bonds. The van der Waals surface area contributed by atoms with Gasteiger partial charge in [-0.3, -0.25) is 0 Å². The van der Waals surface area contributed by atoms with Crippen molar-refractivity contribution in [3.05, 3.63) is 35.9 Å². The summed E-state index contributed by atoms with van der Waals surface area (Å²) in [6.07, 6.45) is 6.88. The zero-order valence-electron chi connectivity index (χ0n) is 14.6. The molecule has 0 bridgehead atoms. The van der Waals surface area contributed by atoms with Crippen molar-refractivity contribution in [1.82, 2.24) is 4.90 Å². The van der Waals surface area contributed by atoms with Crippen LogP contribution in [0.15, 0.2) is 30.3 Å². The summed E-state index contributed by atoms with van der Waals surface area (Å²) in [5.41, 5.74) is 1.000. The molecule has 0 N–H and O–H groups in total. The maximum absolute atomic E-state index is 12.2. The molecule has 2 fully saturated rings. The number of likely N-dealkylation sites (tertiary alicyclic amines) is 1. The van der Waals surface area contributed by atoms with Crippen LogP contribution in [0, 0.1) is 5.92 Å². The van der Waals surface area contributed by atoms with Crippen LogP contribution in [0.3, 0.4) is 0 Å². The molecular formula is C20H27NO4. The highest BCUT2D eigenvalue weighted by atomic mass is 16.6. The molecule has 0 aromatic heterocycles. The molecule has 1 saturated carbocycles. The number of hydrogen-bond acceptors (Lipinski definition) is 4. The Bertz CT molecular complexity index is 546. The van der Waals surface area contributed by atoms with Crippen LogP contribution in [-0.4, -0.2) is 42.6 Å². The fourth-order valence-electron chi connectivity index (χ4n) is 3.62. The van der Waals surface area contributed by atoms with E-state index >= 15 is 0 Å². The summed E-state index contributed by atoms with van der Waals surface area (Å²) in [6.45, 7) is 1.68. The van der Waals surface area contributed by atoms with Gasteiger partial charge in [-0.2, -0.15) is 0 Å². The lowest BCUT2D eigenvalue weighted by Gasteiger charge is -2.35. The first-order valence-electron chi connectivity index (χ1n) is 9.31. The minimum absolute atomic E-state index is 0.218. The van der Waals surface area contributed by atoms with Crippen LogP contribution >= 0.6 is 0 Å². The van der Waals surface area contributed by atoms with E-state index in [1.54, 1.807) is 4.90 Å². The first-order chi connectivity index (χ1) is 12.2. The minimum atomic E-state index is -0.242. The maximum atomic E-state index is 12.2. The summed E-state index contributed by atoms with van der Waals surface area (Å²) >= 11 is 0. The third kappa shape index (κ3) is 5.30. The molecule has 0 spiro atoms. The third-order valence-electron chi connectivity index (χ3n) is 5.20. The Morgan fingerprint density at radius 1 is 1.00 bits per heavy atom. The van der Waals surface area contributed by atoms with E-state index in [9.17, 15) is 9.59 Å². The average Bonchev–Trinajstić information content (AvgIpc) is 2.68. The fraction of sp³-hybridized carbons (Fsp3) is 0.600. The van der Waals surface area contributed by atoms with E-state index in [1.807, 2.05) is 30.3 Å². The van der Waals surface area contributed by atoms with Crippen molar-refractivity contribution in [1.29, 1.82) is 0 Å². The number of piperidine rings is 1. The fourth-order valence-corrected chi connectivity index (χ4v) is 3.62. The number of hydrogen-bond donors (Lipinski definition) is 0. The molecule has 3 rings (SSSR count). The lowest BCUT2D eigenvalue weighted by atomic mass is 9.88. The molecule has 1 saturated heterocycles. The van der Waals surface area contributed by atoms with Gasteiger partial charge < -0.3 is 19.2 Å². The molecule has 1 aliphatic heterocycles. The molecule has 1 aromatic rings. The average molecular weight is 345 g/mol.